The second-order valence-electron chi connectivity index (χ2n) is 4.81. The van der Waals surface area contributed by atoms with Crippen molar-refractivity contribution in [1.82, 2.24) is 9.88 Å². The van der Waals surface area contributed by atoms with Gasteiger partial charge in [0.2, 0.25) is 0 Å². The molecule has 0 bridgehead atoms. The molecule has 114 valence electrons. The summed E-state index contributed by atoms with van der Waals surface area (Å²) in [5, 5.41) is 13.8. The first-order valence-electron chi connectivity index (χ1n) is 6.82. The molecule has 1 amide bonds. The van der Waals surface area contributed by atoms with Crippen molar-refractivity contribution in [3.05, 3.63) is 27.9 Å². The highest BCUT2D eigenvalue weighted by Gasteiger charge is 2.26. The lowest BCUT2D eigenvalue weighted by molar-refractivity contribution is -0.385. The van der Waals surface area contributed by atoms with Gasteiger partial charge in [-0.1, -0.05) is 0 Å². The molecule has 1 aliphatic heterocycles. The Labute approximate surface area is 122 Å². The van der Waals surface area contributed by atoms with Crippen molar-refractivity contribution in [1.29, 1.82) is 0 Å². The highest BCUT2D eigenvalue weighted by atomic mass is 16.6. The molecule has 1 aromatic heterocycles. The minimum absolute atomic E-state index is 0.0445. The zero-order chi connectivity index (χ0) is 15.4. The van der Waals surface area contributed by atoms with Crippen LogP contribution in [0.3, 0.4) is 0 Å². The van der Waals surface area contributed by atoms with Crippen LogP contribution >= 0.6 is 0 Å². The van der Waals surface area contributed by atoms with Gasteiger partial charge in [-0.25, -0.2) is 4.98 Å². The number of pyridine rings is 1. The smallest absolute Gasteiger partial charge is 0.288 e. The number of hydrogen-bond acceptors (Lipinski definition) is 6. The van der Waals surface area contributed by atoms with E-state index in [0.29, 0.717) is 32.1 Å². The van der Waals surface area contributed by atoms with Crippen molar-refractivity contribution in [2.45, 2.75) is 20.0 Å². The first-order valence-corrected chi connectivity index (χ1v) is 6.82. The Morgan fingerprint density at radius 3 is 3.05 bits per heavy atom. The molecule has 1 fully saturated rings. The second kappa shape index (κ2) is 6.49. The van der Waals surface area contributed by atoms with E-state index >= 15 is 0 Å². The van der Waals surface area contributed by atoms with Crippen molar-refractivity contribution in [3.63, 3.8) is 0 Å². The fraction of sp³-hybridized carbons (Fsp3) is 0.538. The Hall–Kier alpha value is -2.22. The molecule has 2 heterocycles. The van der Waals surface area contributed by atoms with Crippen LogP contribution in [0.5, 0.6) is 0 Å². The number of rotatable bonds is 4. The van der Waals surface area contributed by atoms with E-state index in [4.69, 9.17) is 4.74 Å². The predicted molar refractivity (Wildman–Crippen MR) is 76.4 cm³/mol. The molecular formula is C13H18N4O4. The minimum atomic E-state index is -0.554. The molecule has 1 atom stereocenters. The van der Waals surface area contributed by atoms with Crippen LogP contribution < -0.4 is 5.32 Å². The third kappa shape index (κ3) is 3.46. The number of aromatic nitrogens is 1. The number of hydrogen-bond donors (Lipinski definition) is 1. The van der Waals surface area contributed by atoms with E-state index < -0.39 is 4.92 Å². The van der Waals surface area contributed by atoms with Crippen LogP contribution in [0.2, 0.25) is 0 Å². The summed E-state index contributed by atoms with van der Waals surface area (Å²) in [4.78, 5) is 28.5. The molecule has 1 aromatic rings. The van der Waals surface area contributed by atoms with Gasteiger partial charge < -0.3 is 15.0 Å². The Kier molecular flexibility index (Phi) is 4.69. The highest BCUT2D eigenvalue weighted by molar-refractivity contribution is 5.99. The molecule has 1 saturated heterocycles. The maximum atomic E-state index is 12.6. The molecule has 0 aliphatic carbocycles. The lowest BCUT2D eigenvalue weighted by atomic mass is 10.2. The summed E-state index contributed by atoms with van der Waals surface area (Å²) in [5.74, 6) is 0.101. The molecule has 2 rings (SSSR count). The van der Waals surface area contributed by atoms with Gasteiger partial charge >= 0.3 is 0 Å². The van der Waals surface area contributed by atoms with E-state index in [0.717, 1.165) is 6.20 Å². The van der Waals surface area contributed by atoms with E-state index in [-0.39, 0.29) is 23.3 Å². The second-order valence-corrected chi connectivity index (χ2v) is 4.81. The van der Waals surface area contributed by atoms with Crippen molar-refractivity contribution < 1.29 is 14.5 Å². The van der Waals surface area contributed by atoms with Gasteiger partial charge in [0.15, 0.2) is 0 Å². The predicted octanol–water partition coefficient (Wildman–Crippen LogP) is 1.28. The van der Waals surface area contributed by atoms with Crippen molar-refractivity contribution in [2.24, 2.45) is 0 Å². The third-order valence-electron chi connectivity index (χ3n) is 3.19. The molecule has 8 heteroatoms. The summed E-state index contributed by atoms with van der Waals surface area (Å²) in [6, 6.07) is 1.27. The number of ether oxygens (including phenoxy) is 1. The van der Waals surface area contributed by atoms with Gasteiger partial charge in [0.25, 0.3) is 11.6 Å². The summed E-state index contributed by atoms with van der Waals surface area (Å²) < 4.78 is 5.40. The first-order chi connectivity index (χ1) is 10.0. The van der Waals surface area contributed by atoms with Gasteiger partial charge in [-0.15, -0.1) is 0 Å². The van der Waals surface area contributed by atoms with Crippen LogP contribution in [-0.4, -0.2) is 53.1 Å². The van der Waals surface area contributed by atoms with Crippen LogP contribution in [-0.2, 0) is 4.74 Å². The van der Waals surface area contributed by atoms with Gasteiger partial charge in [-0.2, -0.15) is 0 Å². The van der Waals surface area contributed by atoms with Gasteiger partial charge in [0.1, 0.15) is 12.0 Å². The zero-order valence-corrected chi connectivity index (χ0v) is 12.0. The normalized spacial score (nSPS) is 18.4. The topological polar surface area (TPSA) is 97.6 Å². The van der Waals surface area contributed by atoms with Gasteiger partial charge in [-0.05, 0) is 13.8 Å². The van der Waals surface area contributed by atoms with Crippen LogP contribution in [0, 0.1) is 10.1 Å². The molecule has 0 radical (unpaired) electrons. The lowest BCUT2D eigenvalue weighted by Gasteiger charge is -2.31. The molecule has 8 nitrogen and oxygen atoms in total. The first kappa shape index (κ1) is 15.2. The Balaban J connectivity index is 2.32. The average Bonchev–Trinajstić information content (AvgIpc) is 2.47. The van der Waals surface area contributed by atoms with Crippen LogP contribution in [0.4, 0.5) is 11.5 Å². The number of amides is 1. The molecule has 0 spiro atoms. The number of nitrogens with one attached hydrogen (secondary N) is 1. The summed E-state index contributed by atoms with van der Waals surface area (Å²) in [7, 11) is 0. The van der Waals surface area contributed by atoms with Crippen molar-refractivity contribution in [3.8, 4) is 0 Å². The monoisotopic (exact) mass is 294 g/mol. The number of carbonyl (C=O) groups is 1. The lowest BCUT2D eigenvalue weighted by Crippen LogP contribution is -2.44. The van der Waals surface area contributed by atoms with E-state index in [9.17, 15) is 14.9 Å². The molecule has 1 aliphatic rings. The number of nitrogens with zero attached hydrogens (tertiary/aromatic N) is 3. The highest BCUT2D eigenvalue weighted by Crippen LogP contribution is 2.21. The molecule has 0 aromatic carbocycles. The van der Waals surface area contributed by atoms with Crippen LogP contribution in [0.1, 0.15) is 24.2 Å². The van der Waals surface area contributed by atoms with Gasteiger partial charge in [0, 0.05) is 25.7 Å². The fourth-order valence-corrected chi connectivity index (χ4v) is 2.20. The summed E-state index contributed by atoms with van der Waals surface area (Å²) in [6.07, 6.45) is 1.11. The van der Waals surface area contributed by atoms with Gasteiger partial charge in [0.05, 0.1) is 23.2 Å². The summed E-state index contributed by atoms with van der Waals surface area (Å²) >= 11 is 0. The van der Waals surface area contributed by atoms with Crippen LogP contribution in [0.25, 0.3) is 0 Å². The Morgan fingerprint density at radius 2 is 2.43 bits per heavy atom. The number of carbonyl (C=O) groups excluding carboxylic acids is 1. The maximum Gasteiger partial charge on any atom is 0.288 e. The van der Waals surface area contributed by atoms with E-state index in [1.54, 1.807) is 4.90 Å². The molecule has 1 N–H and O–H groups in total. The number of nitro groups is 1. The minimum Gasteiger partial charge on any atom is -0.375 e. The third-order valence-corrected chi connectivity index (χ3v) is 3.19. The Morgan fingerprint density at radius 1 is 1.67 bits per heavy atom. The van der Waals surface area contributed by atoms with E-state index in [1.165, 1.54) is 6.07 Å². The molecule has 1 unspecified atom stereocenters. The average molecular weight is 294 g/mol. The zero-order valence-electron chi connectivity index (χ0n) is 12.0. The van der Waals surface area contributed by atoms with Gasteiger partial charge in [-0.3, -0.25) is 14.9 Å². The molecular weight excluding hydrogens is 276 g/mol. The fourth-order valence-electron chi connectivity index (χ4n) is 2.20. The Bertz CT molecular complexity index is 549. The summed E-state index contributed by atoms with van der Waals surface area (Å²) in [5.41, 5.74) is 0.0291. The standard InChI is InChI=1S/C13H18N4O4/c1-3-14-12-11(6-10(7-15-12)17(19)20)13(18)16-4-5-21-9(2)8-16/h6-7,9H,3-5,8H2,1-2H3,(H,14,15). The summed E-state index contributed by atoms with van der Waals surface area (Å²) in [6.45, 7) is 5.73. The number of morpholine rings is 1. The SMILES string of the molecule is CCNc1ncc([N+](=O)[O-])cc1C(=O)N1CCOC(C)C1. The maximum absolute atomic E-state index is 12.6. The largest absolute Gasteiger partial charge is 0.375 e. The number of anilines is 1. The molecule has 21 heavy (non-hydrogen) atoms. The van der Waals surface area contributed by atoms with Crippen molar-refractivity contribution in [2.75, 3.05) is 31.6 Å². The van der Waals surface area contributed by atoms with Crippen LogP contribution in [0.15, 0.2) is 12.3 Å². The molecule has 0 saturated carbocycles. The van der Waals surface area contributed by atoms with E-state index in [1.807, 2.05) is 13.8 Å². The van der Waals surface area contributed by atoms with Crippen molar-refractivity contribution >= 4 is 17.4 Å². The van der Waals surface area contributed by atoms with E-state index in [2.05, 4.69) is 10.3 Å². The quantitative estimate of drug-likeness (QED) is 0.663.